The van der Waals surface area contributed by atoms with Gasteiger partial charge in [0.15, 0.2) is 5.78 Å². The Balaban J connectivity index is 2.11. The fourth-order valence-electron chi connectivity index (χ4n) is 3.82. The number of dihydropyridines is 1. The van der Waals surface area contributed by atoms with Gasteiger partial charge in [0.25, 0.3) is 0 Å². The molecule has 7 nitrogen and oxygen atoms in total. The number of ether oxygens (including phenoxy) is 2. The Labute approximate surface area is 169 Å². The second kappa shape index (κ2) is 8.55. The standard InChI is InChI=1S/C20H27N3O4S/c1-4-27-19(25)17-13(10-26-6-5-21)23-12-7-20(2,3)8-14(24)16(12)18(17)15-9-22-11-28-15/h9,11,18,23H,4-8,10,21H2,1-3H3. The van der Waals surface area contributed by atoms with Crippen LogP contribution in [-0.4, -0.2) is 43.1 Å². The van der Waals surface area contributed by atoms with Crippen LogP contribution in [-0.2, 0) is 19.1 Å². The van der Waals surface area contributed by atoms with Crippen LogP contribution in [0, 0.1) is 5.41 Å². The zero-order valence-corrected chi connectivity index (χ0v) is 17.4. The molecule has 3 rings (SSSR count). The van der Waals surface area contributed by atoms with Crippen molar-refractivity contribution in [2.45, 2.75) is 39.5 Å². The molecule has 28 heavy (non-hydrogen) atoms. The van der Waals surface area contributed by atoms with Crippen molar-refractivity contribution < 1.29 is 19.1 Å². The SMILES string of the molecule is CCOC(=O)C1=C(COCCN)NC2=C(C(=O)CC(C)(C)C2)C1c1cncs1. The van der Waals surface area contributed by atoms with Gasteiger partial charge in [-0.1, -0.05) is 13.8 Å². The number of nitrogens with two attached hydrogens (primary N) is 1. The van der Waals surface area contributed by atoms with E-state index in [0.29, 0.717) is 36.4 Å². The molecule has 0 aromatic carbocycles. The first kappa shape index (κ1) is 20.7. The number of aromatic nitrogens is 1. The lowest BCUT2D eigenvalue weighted by Gasteiger charge is -2.39. The third kappa shape index (κ3) is 4.19. The number of esters is 1. The molecule has 1 aromatic rings. The number of nitrogens with one attached hydrogen (secondary N) is 1. The number of hydrogen-bond donors (Lipinski definition) is 2. The molecular weight excluding hydrogens is 378 g/mol. The molecule has 0 fully saturated rings. The van der Waals surface area contributed by atoms with E-state index in [0.717, 1.165) is 17.0 Å². The highest BCUT2D eigenvalue weighted by Gasteiger charge is 2.44. The van der Waals surface area contributed by atoms with Gasteiger partial charge in [0.05, 0.1) is 42.5 Å². The predicted molar refractivity (Wildman–Crippen MR) is 107 cm³/mol. The molecule has 0 radical (unpaired) electrons. The van der Waals surface area contributed by atoms with Crippen molar-refractivity contribution in [3.05, 3.63) is 39.1 Å². The summed E-state index contributed by atoms with van der Waals surface area (Å²) in [5.41, 5.74) is 9.67. The van der Waals surface area contributed by atoms with Gasteiger partial charge in [0.1, 0.15) is 0 Å². The molecule has 3 N–H and O–H groups in total. The summed E-state index contributed by atoms with van der Waals surface area (Å²) in [7, 11) is 0. The second-order valence-electron chi connectivity index (χ2n) is 7.75. The number of ketones is 1. The van der Waals surface area contributed by atoms with Crippen LogP contribution in [0.1, 0.15) is 44.4 Å². The van der Waals surface area contributed by atoms with Crippen molar-refractivity contribution in [1.29, 1.82) is 0 Å². The molecule has 0 bridgehead atoms. The highest BCUT2D eigenvalue weighted by molar-refractivity contribution is 7.09. The number of Topliss-reactive ketones (excluding diaryl/α,β-unsaturated/α-hetero) is 1. The first-order valence-electron chi connectivity index (χ1n) is 9.47. The molecule has 1 aliphatic heterocycles. The van der Waals surface area contributed by atoms with Crippen LogP contribution >= 0.6 is 11.3 Å². The van der Waals surface area contributed by atoms with E-state index in [9.17, 15) is 9.59 Å². The van der Waals surface area contributed by atoms with Gasteiger partial charge in [-0.05, 0) is 18.8 Å². The lowest BCUT2D eigenvalue weighted by molar-refractivity contribution is -0.138. The molecular formula is C20H27N3O4S. The Kier molecular flexibility index (Phi) is 6.32. The maximum Gasteiger partial charge on any atom is 0.336 e. The summed E-state index contributed by atoms with van der Waals surface area (Å²) in [6, 6.07) is 0. The Hall–Kier alpha value is -2.03. The van der Waals surface area contributed by atoms with Crippen molar-refractivity contribution >= 4 is 23.1 Å². The quantitative estimate of drug-likeness (QED) is 0.530. The van der Waals surface area contributed by atoms with E-state index in [4.69, 9.17) is 15.2 Å². The van der Waals surface area contributed by atoms with E-state index in [1.807, 2.05) is 0 Å². The highest BCUT2D eigenvalue weighted by atomic mass is 32.1. The molecule has 0 saturated heterocycles. The third-order valence-corrected chi connectivity index (χ3v) is 5.70. The molecule has 1 aromatic heterocycles. The molecule has 8 heteroatoms. The van der Waals surface area contributed by atoms with Gasteiger partial charge in [-0.25, -0.2) is 4.79 Å². The summed E-state index contributed by atoms with van der Waals surface area (Å²) in [6.07, 6.45) is 2.88. The predicted octanol–water partition coefficient (Wildman–Crippen LogP) is 2.27. The monoisotopic (exact) mass is 405 g/mol. The van der Waals surface area contributed by atoms with Gasteiger partial charge in [0.2, 0.25) is 0 Å². The van der Waals surface area contributed by atoms with Gasteiger partial charge < -0.3 is 20.5 Å². The zero-order chi connectivity index (χ0) is 20.3. The van der Waals surface area contributed by atoms with E-state index in [1.54, 1.807) is 18.6 Å². The minimum Gasteiger partial charge on any atom is -0.463 e. The fourth-order valence-corrected chi connectivity index (χ4v) is 4.56. The van der Waals surface area contributed by atoms with Crippen LogP contribution in [0.3, 0.4) is 0 Å². The number of nitrogens with zero attached hydrogens (tertiary/aromatic N) is 1. The average molecular weight is 406 g/mol. The molecule has 0 saturated carbocycles. The third-order valence-electron chi connectivity index (χ3n) is 4.86. The molecule has 1 atom stereocenters. The number of allylic oxidation sites excluding steroid dienone is 2. The minimum atomic E-state index is -0.483. The van der Waals surface area contributed by atoms with Crippen LogP contribution in [0.2, 0.25) is 0 Å². The fraction of sp³-hybridized carbons (Fsp3) is 0.550. The summed E-state index contributed by atoms with van der Waals surface area (Å²) in [5.74, 6) is -0.868. The van der Waals surface area contributed by atoms with Crippen LogP contribution in [0.15, 0.2) is 34.2 Å². The lowest BCUT2D eigenvalue weighted by atomic mass is 9.70. The lowest BCUT2D eigenvalue weighted by Crippen LogP contribution is -2.40. The highest BCUT2D eigenvalue weighted by Crippen LogP contribution is 2.47. The van der Waals surface area contributed by atoms with Gasteiger partial charge in [0, 0.05) is 35.3 Å². The Morgan fingerprint density at radius 2 is 2.21 bits per heavy atom. The van der Waals surface area contributed by atoms with Crippen LogP contribution in [0.25, 0.3) is 0 Å². The largest absolute Gasteiger partial charge is 0.463 e. The molecule has 1 aliphatic carbocycles. The maximum atomic E-state index is 13.1. The van der Waals surface area contributed by atoms with Crippen molar-refractivity contribution in [2.24, 2.45) is 11.1 Å². The number of hydrogen-bond acceptors (Lipinski definition) is 8. The first-order chi connectivity index (χ1) is 13.4. The van der Waals surface area contributed by atoms with Crippen molar-refractivity contribution in [1.82, 2.24) is 10.3 Å². The van der Waals surface area contributed by atoms with E-state index < -0.39 is 11.9 Å². The number of thiazole rings is 1. The number of carbonyl (C=O) groups is 2. The molecule has 0 spiro atoms. The first-order valence-corrected chi connectivity index (χ1v) is 10.4. The normalized spacial score (nSPS) is 21.4. The van der Waals surface area contributed by atoms with E-state index in [1.165, 1.54) is 11.3 Å². The summed E-state index contributed by atoms with van der Waals surface area (Å²) in [4.78, 5) is 31.0. The summed E-state index contributed by atoms with van der Waals surface area (Å²) in [6.45, 7) is 7.14. The van der Waals surface area contributed by atoms with Crippen LogP contribution in [0.5, 0.6) is 0 Å². The summed E-state index contributed by atoms with van der Waals surface area (Å²) < 4.78 is 11.0. The second-order valence-corrected chi connectivity index (χ2v) is 8.67. The van der Waals surface area contributed by atoms with Gasteiger partial charge in [-0.2, -0.15) is 0 Å². The maximum absolute atomic E-state index is 13.1. The Bertz CT molecular complexity index is 811. The van der Waals surface area contributed by atoms with Gasteiger partial charge >= 0.3 is 5.97 Å². The number of rotatable bonds is 7. The van der Waals surface area contributed by atoms with Gasteiger partial charge in [-0.15, -0.1) is 11.3 Å². The molecule has 1 unspecified atom stereocenters. The van der Waals surface area contributed by atoms with E-state index in [-0.39, 0.29) is 24.4 Å². The summed E-state index contributed by atoms with van der Waals surface area (Å²) in [5, 5.41) is 3.34. The summed E-state index contributed by atoms with van der Waals surface area (Å²) >= 11 is 1.43. The Morgan fingerprint density at radius 3 is 2.86 bits per heavy atom. The molecule has 2 aliphatic rings. The van der Waals surface area contributed by atoms with Crippen LogP contribution < -0.4 is 11.1 Å². The zero-order valence-electron chi connectivity index (χ0n) is 16.5. The van der Waals surface area contributed by atoms with E-state index in [2.05, 4.69) is 24.1 Å². The molecule has 0 amide bonds. The van der Waals surface area contributed by atoms with E-state index >= 15 is 0 Å². The molecule has 2 heterocycles. The minimum absolute atomic E-state index is 0.0564. The van der Waals surface area contributed by atoms with Gasteiger partial charge in [-0.3, -0.25) is 9.78 Å². The molecule has 152 valence electrons. The smallest absolute Gasteiger partial charge is 0.336 e. The van der Waals surface area contributed by atoms with Crippen molar-refractivity contribution in [2.75, 3.05) is 26.4 Å². The average Bonchev–Trinajstić information content (AvgIpc) is 3.14. The van der Waals surface area contributed by atoms with Crippen molar-refractivity contribution in [3.63, 3.8) is 0 Å². The topological polar surface area (TPSA) is 104 Å². The Morgan fingerprint density at radius 1 is 1.43 bits per heavy atom. The van der Waals surface area contributed by atoms with Crippen LogP contribution in [0.4, 0.5) is 0 Å². The van der Waals surface area contributed by atoms with Crippen molar-refractivity contribution in [3.8, 4) is 0 Å². The number of carbonyl (C=O) groups excluding carboxylic acids is 2.